The van der Waals surface area contributed by atoms with E-state index >= 15 is 0 Å². The second-order valence-electron chi connectivity index (χ2n) is 5.38. The summed E-state index contributed by atoms with van der Waals surface area (Å²) >= 11 is 0. The molecule has 2 fully saturated rings. The third kappa shape index (κ3) is 3.19. The molecular weight excluding hydrogens is 200 g/mol. The van der Waals surface area contributed by atoms with E-state index in [4.69, 9.17) is 4.74 Å². The van der Waals surface area contributed by atoms with Crippen LogP contribution < -0.4 is 5.32 Å². The van der Waals surface area contributed by atoms with E-state index in [-0.39, 0.29) is 0 Å². The van der Waals surface area contributed by atoms with Gasteiger partial charge in [-0.15, -0.1) is 0 Å². The third-order valence-corrected chi connectivity index (χ3v) is 4.12. The first-order valence-corrected chi connectivity index (χ1v) is 6.81. The molecule has 0 aromatic rings. The predicted octanol–water partition coefficient (Wildman–Crippen LogP) is 1.49. The Morgan fingerprint density at radius 2 is 2.12 bits per heavy atom. The molecule has 2 rings (SSSR count). The van der Waals surface area contributed by atoms with Crippen molar-refractivity contribution >= 4 is 0 Å². The monoisotopic (exact) mass is 226 g/mol. The van der Waals surface area contributed by atoms with E-state index in [0.29, 0.717) is 12.1 Å². The van der Waals surface area contributed by atoms with Gasteiger partial charge in [-0.05, 0) is 32.7 Å². The summed E-state index contributed by atoms with van der Waals surface area (Å²) in [6.45, 7) is 6.49. The van der Waals surface area contributed by atoms with Crippen LogP contribution in [0.2, 0.25) is 0 Å². The molecule has 0 aromatic carbocycles. The standard InChI is InChI=1S/C13H26N2O/c1-11-9-15(7-8-16-11)10-13(14-2)12-5-3-4-6-12/h11-14H,3-10H2,1-2H3. The maximum absolute atomic E-state index is 5.59. The summed E-state index contributed by atoms with van der Waals surface area (Å²) in [5.74, 6) is 0.906. The first-order valence-electron chi connectivity index (χ1n) is 6.81. The number of likely N-dealkylation sites (N-methyl/N-ethyl adjacent to an activating group) is 1. The molecule has 2 unspecified atom stereocenters. The molecule has 2 atom stereocenters. The van der Waals surface area contributed by atoms with Gasteiger partial charge >= 0.3 is 0 Å². The van der Waals surface area contributed by atoms with Gasteiger partial charge in [-0.25, -0.2) is 0 Å². The number of morpholine rings is 1. The van der Waals surface area contributed by atoms with Gasteiger partial charge in [0.25, 0.3) is 0 Å². The van der Waals surface area contributed by atoms with Gasteiger partial charge < -0.3 is 10.1 Å². The maximum atomic E-state index is 5.59. The highest BCUT2D eigenvalue weighted by Crippen LogP contribution is 2.28. The Labute approximate surface area is 99.5 Å². The molecule has 2 aliphatic rings. The summed E-state index contributed by atoms with van der Waals surface area (Å²) in [5.41, 5.74) is 0. The van der Waals surface area contributed by atoms with Crippen molar-refractivity contribution in [3.63, 3.8) is 0 Å². The Morgan fingerprint density at radius 3 is 2.75 bits per heavy atom. The number of hydrogen-bond acceptors (Lipinski definition) is 3. The quantitative estimate of drug-likeness (QED) is 0.786. The second-order valence-corrected chi connectivity index (χ2v) is 5.38. The third-order valence-electron chi connectivity index (χ3n) is 4.12. The highest BCUT2D eigenvalue weighted by atomic mass is 16.5. The highest BCUT2D eigenvalue weighted by molar-refractivity contribution is 4.83. The average molecular weight is 226 g/mol. The van der Waals surface area contributed by atoms with Gasteiger partial charge in [-0.3, -0.25) is 4.90 Å². The smallest absolute Gasteiger partial charge is 0.0674 e. The summed E-state index contributed by atoms with van der Waals surface area (Å²) in [6, 6.07) is 0.688. The number of nitrogens with one attached hydrogen (secondary N) is 1. The molecule has 3 nitrogen and oxygen atoms in total. The molecule has 1 N–H and O–H groups in total. The van der Waals surface area contributed by atoms with E-state index < -0.39 is 0 Å². The van der Waals surface area contributed by atoms with E-state index in [9.17, 15) is 0 Å². The van der Waals surface area contributed by atoms with E-state index in [2.05, 4.69) is 24.2 Å². The minimum atomic E-state index is 0.412. The molecule has 0 radical (unpaired) electrons. The minimum Gasteiger partial charge on any atom is -0.376 e. The van der Waals surface area contributed by atoms with Gasteiger partial charge in [0, 0.05) is 25.7 Å². The van der Waals surface area contributed by atoms with Gasteiger partial charge in [0.2, 0.25) is 0 Å². The topological polar surface area (TPSA) is 24.5 Å². The van der Waals surface area contributed by atoms with Gasteiger partial charge in [-0.2, -0.15) is 0 Å². The summed E-state index contributed by atoms with van der Waals surface area (Å²) in [5, 5.41) is 3.52. The van der Waals surface area contributed by atoms with E-state index in [1.807, 2.05) is 0 Å². The summed E-state index contributed by atoms with van der Waals surface area (Å²) < 4.78 is 5.59. The van der Waals surface area contributed by atoms with Crippen molar-refractivity contribution in [3.05, 3.63) is 0 Å². The fraction of sp³-hybridized carbons (Fsp3) is 1.00. The second kappa shape index (κ2) is 5.99. The number of ether oxygens (including phenoxy) is 1. The molecule has 1 saturated heterocycles. The van der Waals surface area contributed by atoms with E-state index in [0.717, 1.165) is 25.6 Å². The Bertz CT molecular complexity index is 204. The van der Waals surface area contributed by atoms with Crippen LogP contribution in [0.4, 0.5) is 0 Å². The van der Waals surface area contributed by atoms with Crippen LogP contribution in [0.3, 0.4) is 0 Å². The zero-order valence-corrected chi connectivity index (χ0v) is 10.7. The largest absolute Gasteiger partial charge is 0.376 e. The molecule has 1 aliphatic carbocycles. The molecule has 3 heteroatoms. The molecule has 0 aromatic heterocycles. The SMILES string of the molecule is CNC(CN1CCOC(C)C1)C1CCCC1. The van der Waals surface area contributed by atoms with Crippen molar-refractivity contribution in [2.24, 2.45) is 5.92 Å². The zero-order chi connectivity index (χ0) is 11.4. The Balaban J connectivity index is 1.80. The number of rotatable bonds is 4. The molecule has 0 spiro atoms. The number of hydrogen-bond donors (Lipinski definition) is 1. The molecule has 1 heterocycles. The van der Waals surface area contributed by atoms with E-state index in [1.165, 1.54) is 32.2 Å². The van der Waals surface area contributed by atoms with Crippen molar-refractivity contribution in [1.82, 2.24) is 10.2 Å². The average Bonchev–Trinajstić information content (AvgIpc) is 2.79. The van der Waals surface area contributed by atoms with E-state index in [1.54, 1.807) is 0 Å². The lowest BCUT2D eigenvalue weighted by molar-refractivity contribution is -0.0227. The molecule has 0 bridgehead atoms. The lowest BCUT2D eigenvalue weighted by Crippen LogP contribution is -2.49. The van der Waals surface area contributed by atoms with Gasteiger partial charge in [0.15, 0.2) is 0 Å². The molecule has 16 heavy (non-hydrogen) atoms. The molecule has 1 aliphatic heterocycles. The van der Waals surface area contributed by atoms with Crippen LogP contribution in [0.1, 0.15) is 32.6 Å². The first kappa shape index (κ1) is 12.3. The van der Waals surface area contributed by atoms with Crippen molar-refractivity contribution in [2.75, 3.05) is 33.3 Å². The van der Waals surface area contributed by atoms with Crippen LogP contribution in [0.25, 0.3) is 0 Å². The highest BCUT2D eigenvalue weighted by Gasteiger charge is 2.27. The summed E-state index contributed by atoms with van der Waals surface area (Å²) in [6.07, 6.45) is 6.12. The normalized spacial score (nSPS) is 30.8. The maximum Gasteiger partial charge on any atom is 0.0674 e. The lowest BCUT2D eigenvalue weighted by atomic mass is 9.97. The Hall–Kier alpha value is -0.120. The van der Waals surface area contributed by atoms with Crippen LogP contribution in [0, 0.1) is 5.92 Å². The van der Waals surface area contributed by atoms with Crippen molar-refractivity contribution in [3.8, 4) is 0 Å². The van der Waals surface area contributed by atoms with Crippen molar-refractivity contribution in [2.45, 2.75) is 44.8 Å². The van der Waals surface area contributed by atoms with Crippen molar-refractivity contribution in [1.29, 1.82) is 0 Å². The molecular formula is C13H26N2O. The zero-order valence-electron chi connectivity index (χ0n) is 10.7. The van der Waals surface area contributed by atoms with Crippen LogP contribution in [-0.2, 0) is 4.74 Å². The van der Waals surface area contributed by atoms with Gasteiger partial charge in [0.1, 0.15) is 0 Å². The molecule has 0 amide bonds. The fourth-order valence-corrected chi connectivity index (χ4v) is 3.17. The molecule has 94 valence electrons. The lowest BCUT2D eigenvalue weighted by Gasteiger charge is -2.35. The minimum absolute atomic E-state index is 0.412. The Kier molecular flexibility index (Phi) is 4.62. The summed E-state index contributed by atoms with van der Waals surface area (Å²) in [4.78, 5) is 2.56. The van der Waals surface area contributed by atoms with Crippen molar-refractivity contribution < 1.29 is 4.74 Å². The first-order chi connectivity index (χ1) is 7.79. The van der Waals surface area contributed by atoms with Crippen LogP contribution in [0.5, 0.6) is 0 Å². The summed E-state index contributed by atoms with van der Waals surface area (Å²) in [7, 11) is 2.12. The van der Waals surface area contributed by atoms with Gasteiger partial charge in [-0.1, -0.05) is 12.8 Å². The van der Waals surface area contributed by atoms with Gasteiger partial charge in [0.05, 0.1) is 12.7 Å². The predicted molar refractivity (Wildman–Crippen MR) is 66.7 cm³/mol. The fourth-order valence-electron chi connectivity index (χ4n) is 3.17. The van der Waals surface area contributed by atoms with Crippen LogP contribution in [0.15, 0.2) is 0 Å². The molecule has 1 saturated carbocycles. The Morgan fingerprint density at radius 1 is 1.38 bits per heavy atom. The van der Waals surface area contributed by atoms with Crippen LogP contribution in [-0.4, -0.2) is 50.3 Å². The number of nitrogens with zero attached hydrogens (tertiary/aromatic N) is 1. The van der Waals surface area contributed by atoms with Crippen LogP contribution >= 0.6 is 0 Å².